The molecule has 0 aliphatic rings. The van der Waals surface area contributed by atoms with Crippen LogP contribution in [0.4, 0.5) is 0 Å². The molecule has 3 heteroatoms. The largest absolute Gasteiger partial charge is 0.436 e. The van der Waals surface area contributed by atoms with Gasteiger partial charge in [-0.25, -0.2) is 4.98 Å². The average molecular weight is 386 g/mol. The summed E-state index contributed by atoms with van der Waals surface area (Å²) in [5, 5.41) is 0. The lowest BCUT2D eigenvalue weighted by Crippen LogP contribution is -1.97. The molecule has 0 N–H and O–H groups in total. The zero-order valence-corrected chi connectivity index (χ0v) is 17.2. The maximum atomic E-state index is 12.5. The molecule has 0 unspecified atom stereocenters. The Bertz CT molecular complexity index is 941. The molecule has 29 heavy (non-hydrogen) atoms. The van der Waals surface area contributed by atoms with Crippen molar-refractivity contribution in [3.8, 4) is 22.6 Å². The van der Waals surface area contributed by atoms with Crippen LogP contribution in [-0.4, -0.2) is 10.8 Å². The monoisotopic (exact) mass is 385 g/mol. The molecule has 0 aliphatic heterocycles. The van der Waals surface area contributed by atoms with Crippen LogP contribution in [0.5, 0.6) is 0 Å². The van der Waals surface area contributed by atoms with Crippen molar-refractivity contribution in [2.24, 2.45) is 0 Å². The number of rotatable bonds is 9. The summed E-state index contributed by atoms with van der Waals surface area (Å²) in [6.07, 6.45) is 4.84. The second kappa shape index (κ2) is 9.83. The Labute approximate surface area is 172 Å². The van der Waals surface area contributed by atoms with E-state index in [4.69, 9.17) is 9.40 Å². The van der Waals surface area contributed by atoms with Gasteiger partial charge >= 0.3 is 0 Å². The first-order valence-electron chi connectivity index (χ1n) is 10.1. The molecule has 0 fully saturated rings. The van der Waals surface area contributed by atoms with Crippen LogP contribution >= 0.6 is 0 Å². The van der Waals surface area contributed by atoms with Gasteiger partial charge in [0.15, 0.2) is 11.5 Å². The summed E-state index contributed by atoms with van der Waals surface area (Å²) in [6.45, 7) is 8.28. The molecule has 3 rings (SSSR count). The Balaban J connectivity index is 1.91. The Kier molecular flexibility index (Phi) is 6.96. The third-order valence-electron chi connectivity index (χ3n) is 4.79. The van der Waals surface area contributed by atoms with Gasteiger partial charge in [-0.05, 0) is 18.9 Å². The number of hydrogen-bond donors (Lipinski definition) is 0. The first-order chi connectivity index (χ1) is 14.1. The third kappa shape index (κ3) is 5.20. The summed E-state index contributed by atoms with van der Waals surface area (Å²) < 4.78 is 6.11. The number of oxazole rings is 1. The third-order valence-corrected chi connectivity index (χ3v) is 4.79. The molecule has 0 amide bonds. The smallest absolute Gasteiger partial charge is 0.223 e. The number of allylic oxidation sites excluding steroid dienone is 3. The molecule has 0 saturated heterocycles. The van der Waals surface area contributed by atoms with Crippen molar-refractivity contribution in [1.82, 2.24) is 4.98 Å². The van der Waals surface area contributed by atoms with Crippen LogP contribution in [0, 0.1) is 0 Å². The van der Waals surface area contributed by atoms with Crippen molar-refractivity contribution in [3.63, 3.8) is 0 Å². The van der Waals surface area contributed by atoms with E-state index in [0.29, 0.717) is 17.2 Å². The second-order valence-corrected chi connectivity index (χ2v) is 7.08. The molecular weight excluding hydrogens is 358 g/mol. The van der Waals surface area contributed by atoms with Crippen LogP contribution in [-0.2, 0) is 4.79 Å². The van der Waals surface area contributed by atoms with Gasteiger partial charge in [0.25, 0.3) is 0 Å². The average Bonchev–Trinajstić information content (AvgIpc) is 3.20. The summed E-state index contributed by atoms with van der Waals surface area (Å²) in [5.41, 5.74) is 4.44. The van der Waals surface area contributed by atoms with Gasteiger partial charge in [-0.1, -0.05) is 93.1 Å². The van der Waals surface area contributed by atoms with Crippen LogP contribution in [0.25, 0.3) is 28.2 Å². The maximum absolute atomic E-state index is 12.5. The number of carbonyl (C=O) groups is 1. The fourth-order valence-electron chi connectivity index (χ4n) is 3.28. The summed E-state index contributed by atoms with van der Waals surface area (Å²) in [7, 11) is 0. The first-order valence-corrected chi connectivity index (χ1v) is 10.1. The fraction of sp³-hybridized carbons (Fsp3) is 0.231. The van der Waals surface area contributed by atoms with E-state index in [9.17, 15) is 4.79 Å². The van der Waals surface area contributed by atoms with Gasteiger partial charge < -0.3 is 4.42 Å². The van der Waals surface area contributed by atoms with Gasteiger partial charge in [-0.3, -0.25) is 4.79 Å². The van der Waals surface area contributed by atoms with Gasteiger partial charge in [0, 0.05) is 23.1 Å². The minimum absolute atomic E-state index is 0.0426. The van der Waals surface area contributed by atoms with Crippen molar-refractivity contribution >= 4 is 11.4 Å². The normalized spacial score (nSPS) is 11.4. The molecule has 3 aromatic rings. The van der Waals surface area contributed by atoms with Gasteiger partial charge in [0.05, 0.1) is 0 Å². The standard InChI is InChI=1S/C26H27NO2/c1-4-12-20(5-2)18-23(28)17-19(3)26-27-24(21-13-8-6-9-14-21)25(29-26)22-15-10-7-11-16-22/h6-11,13-16,18H,3-5,12,17H2,1-2H3. The SMILES string of the molecule is C=C(CC(=O)C=C(CC)CCC)c1nc(-c2ccccc2)c(-c2ccccc2)o1. The van der Waals surface area contributed by atoms with E-state index < -0.39 is 0 Å². The summed E-state index contributed by atoms with van der Waals surface area (Å²) in [4.78, 5) is 17.2. The zero-order valence-electron chi connectivity index (χ0n) is 17.2. The summed E-state index contributed by atoms with van der Waals surface area (Å²) in [5.74, 6) is 1.15. The molecule has 0 bridgehead atoms. The summed E-state index contributed by atoms with van der Waals surface area (Å²) >= 11 is 0. The number of hydrogen-bond acceptors (Lipinski definition) is 3. The predicted octanol–water partition coefficient (Wildman–Crippen LogP) is 7.12. The lowest BCUT2D eigenvalue weighted by Gasteiger charge is -2.03. The molecule has 3 nitrogen and oxygen atoms in total. The zero-order chi connectivity index (χ0) is 20.6. The number of nitrogens with zero attached hydrogens (tertiary/aromatic N) is 1. The maximum Gasteiger partial charge on any atom is 0.223 e. The van der Waals surface area contributed by atoms with Crippen LogP contribution in [0.1, 0.15) is 45.4 Å². The van der Waals surface area contributed by atoms with Crippen LogP contribution in [0.15, 0.2) is 83.3 Å². The Morgan fingerprint density at radius 3 is 2.21 bits per heavy atom. The Morgan fingerprint density at radius 2 is 1.62 bits per heavy atom. The molecule has 1 heterocycles. The van der Waals surface area contributed by atoms with Gasteiger partial charge in [-0.2, -0.15) is 0 Å². The lowest BCUT2D eigenvalue weighted by atomic mass is 10.0. The van der Waals surface area contributed by atoms with Crippen molar-refractivity contribution in [3.05, 3.63) is 84.8 Å². The molecule has 2 aromatic carbocycles. The minimum atomic E-state index is 0.0426. The number of aromatic nitrogens is 1. The molecule has 0 saturated carbocycles. The second-order valence-electron chi connectivity index (χ2n) is 7.08. The first kappa shape index (κ1) is 20.5. The Hall–Kier alpha value is -3.20. The highest BCUT2D eigenvalue weighted by Crippen LogP contribution is 2.34. The van der Waals surface area contributed by atoms with Crippen molar-refractivity contribution < 1.29 is 9.21 Å². The molecule has 0 spiro atoms. The van der Waals surface area contributed by atoms with Crippen molar-refractivity contribution in [2.75, 3.05) is 0 Å². The molecule has 0 atom stereocenters. The van der Waals surface area contributed by atoms with E-state index in [1.165, 1.54) is 5.57 Å². The van der Waals surface area contributed by atoms with Crippen molar-refractivity contribution in [1.29, 1.82) is 0 Å². The number of benzene rings is 2. The predicted molar refractivity (Wildman–Crippen MR) is 119 cm³/mol. The molecule has 148 valence electrons. The topological polar surface area (TPSA) is 43.1 Å². The van der Waals surface area contributed by atoms with Gasteiger partial charge in [-0.15, -0.1) is 0 Å². The highest BCUT2D eigenvalue weighted by molar-refractivity contribution is 5.97. The van der Waals surface area contributed by atoms with Crippen molar-refractivity contribution in [2.45, 2.75) is 39.5 Å². The van der Waals surface area contributed by atoms with Crippen LogP contribution in [0.2, 0.25) is 0 Å². The Morgan fingerprint density at radius 1 is 1.00 bits per heavy atom. The molecule has 0 radical (unpaired) electrons. The molecule has 0 aliphatic carbocycles. The van der Waals surface area contributed by atoms with E-state index in [-0.39, 0.29) is 12.2 Å². The van der Waals surface area contributed by atoms with E-state index in [0.717, 1.165) is 36.1 Å². The van der Waals surface area contributed by atoms with Gasteiger partial charge in [0.2, 0.25) is 5.89 Å². The molecule has 1 aromatic heterocycles. The van der Waals surface area contributed by atoms with E-state index in [1.807, 2.05) is 60.7 Å². The van der Waals surface area contributed by atoms with E-state index >= 15 is 0 Å². The van der Waals surface area contributed by atoms with Gasteiger partial charge in [0.1, 0.15) is 5.69 Å². The van der Waals surface area contributed by atoms with E-state index in [1.54, 1.807) is 6.08 Å². The van der Waals surface area contributed by atoms with E-state index in [2.05, 4.69) is 20.4 Å². The number of carbonyl (C=O) groups excluding carboxylic acids is 1. The quantitative estimate of drug-likeness (QED) is 0.368. The lowest BCUT2D eigenvalue weighted by molar-refractivity contribution is -0.113. The highest BCUT2D eigenvalue weighted by Gasteiger charge is 2.19. The minimum Gasteiger partial charge on any atom is -0.436 e. The molecular formula is C26H27NO2. The van der Waals surface area contributed by atoms with Crippen LogP contribution < -0.4 is 0 Å². The fourth-order valence-corrected chi connectivity index (χ4v) is 3.28. The highest BCUT2D eigenvalue weighted by atomic mass is 16.4. The number of ketones is 1. The summed E-state index contributed by atoms with van der Waals surface area (Å²) in [6, 6.07) is 19.8. The van der Waals surface area contributed by atoms with Crippen LogP contribution in [0.3, 0.4) is 0 Å².